The van der Waals surface area contributed by atoms with Crippen molar-refractivity contribution in [2.45, 2.75) is 33.2 Å². The fourth-order valence-corrected chi connectivity index (χ4v) is 1.60. The summed E-state index contributed by atoms with van der Waals surface area (Å²) >= 11 is 0. The minimum absolute atomic E-state index is 0.385. The number of carboxylic acid groups (broad SMARTS) is 1. The van der Waals surface area contributed by atoms with E-state index in [1.165, 1.54) is 6.08 Å². The molecule has 5 nitrogen and oxygen atoms in total. The molecular weight excluding hydrogens is 230 g/mol. The van der Waals surface area contributed by atoms with E-state index < -0.39 is 5.97 Å². The van der Waals surface area contributed by atoms with Crippen molar-refractivity contribution in [3.63, 3.8) is 0 Å². The molecule has 0 fully saturated rings. The van der Waals surface area contributed by atoms with Crippen LogP contribution in [0.3, 0.4) is 0 Å². The van der Waals surface area contributed by atoms with Crippen molar-refractivity contribution in [2.75, 3.05) is 11.4 Å². The first kappa shape index (κ1) is 14.2. The van der Waals surface area contributed by atoms with Crippen LogP contribution in [0.4, 0.5) is 5.95 Å². The highest BCUT2D eigenvalue weighted by Gasteiger charge is 2.12. The molecule has 0 spiro atoms. The summed E-state index contributed by atoms with van der Waals surface area (Å²) in [4.78, 5) is 21.0. The lowest BCUT2D eigenvalue weighted by Crippen LogP contribution is -2.33. The molecule has 0 aliphatic rings. The van der Waals surface area contributed by atoms with Crippen molar-refractivity contribution in [1.29, 1.82) is 0 Å². The molecule has 1 aromatic rings. The van der Waals surface area contributed by atoms with E-state index in [2.05, 4.69) is 35.6 Å². The molecule has 0 aliphatic carbocycles. The Hall–Kier alpha value is -1.91. The van der Waals surface area contributed by atoms with Gasteiger partial charge >= 0.3 is 5.97 Å². The molecule has 5 heteroatoms. The fraction of sp³-hybridized carbons (Fsp3) is 0.462. The van der Waals surface area contributed by atoms with Crippen molar-refractivity contribution in [2.24, 2.45) is 0 Å². The van der Waals surface area contributed by atoms with Crippen molar-refractivity contribution >= 4 is 18.0 Å². The van der Waals surface area contributed by atoms with E-state index in [9.17, 15) is 4.79 Å². The van der Waals surface area contributed by atoms with Crippen molar-refractivity contribution in [3.8, 4) is 0 Å². The number of carbonyl (C=O) groups is 1. The summed E-state index contributed by atoms with van der Waals surface area (Å²) in [5.74, 6) is -0.298. The van der Waals surface area contributed by atoms with Gasteiger partial charge in [0.05, 0.1) is 0 Å². The molecule has 1 atom stereocenters. The van der Waals surface area contributed by atoms with Crippen molar-refractivity contribution in [3.05, 3.63) is 24.0 Å². The molecule has 0 aromatic carbocycles. The molecule has 18 heavy (non-hydrogen) atoms. The third-order valence-corrected chi connectivity index (χ3v) is 2.80. The lowest BCUT2D eigenvalue weighted by molar-refractivity contribution is -0.131. The summed E-state index contributed by atoms with van der Waals surface area (Å²) < 4.78 is 0. The largest absolute Gasteiger partial charge is 0.478 e. The van der Waals surface area contributed by atoms with Crippen LogP contribution in [0.2, 0.25) is 0 Å². The Kier molecular flexibility index (Phi) is 5.30. The van der Waals surface area contributed by atoms with E-state index in [4.69, 9.17) is 5.11 Å². The maximum Gasteiger partial charge on any atom is 0.328 e. The van der Waals surface area contributed by atoms with Crippen LogP contribution < -0.4 is 4.90 Å². The van der Waals surface area contributed by atoms with Gasteiger partial charge in [-0.2, -0.15) is 0 Å². The third-order valence-electron chi connectivity index (χ3n) is 2.80. The summed E-state index contributed by atoms with van der Waals surface area (Å²) in [5, 5.41) is 8.52. The number of carboxylic acids is 1. The van der Waals surface area contributed by atoms with E-state index in [1.807, 2.05) is 0 Å². The van der Waals surface area contributed by atoms with Gasteiger partial charge in [0.2, 0.25) is 5.95 Å². The molecule has 0 bridgehead atoms. The summed E-state index contributed by atoms with van der Waals surface area (Å²) in [6.07, 6.45) is 6.84. The molecule has 0 aliphatic heterocycles. The zero-order valence-electron chi connectivity index (χ0n) is 11.0. The number of hydrogen-bond acceptors (Lipinski definition) is 4. The molecule has 0 amide bonds. The standard InChI is InChI=1S/C13H19N3O2/c1-4-10(3)16(5-2)13-14-8-11(9-15-13)6-7-12(17)18/h6-10H,4-5H2,1-3H3,(H,17,18)/b7-6+. The predicted molar refractivity (Wildman–Crippen MR) is 71.5 cm³/mol. The first-order valence-electron chi connectivity index (χ1n) is 6.08. The summed E-state index contributed by atoms with van der Waals surface area (Å²) in [7, 11) is 0. The lowest BCUT2D eigenvalue weighted by Gasteiger charge is -2.26. The van der Waals surface area contributed by atoms with Crippen molar-refractivity contribution < 1.29 is 9.90 Å². The average molecular weight is 249 g/mol. The summed E-state index contributed by atoms with van der Waals surface area (Å²) in [6, 6.07) is 0.385. The molecule has 1 N–H and O–H groups in total. The molecule has 0 saturated carbocycles. The van der Waals surface area contributed by atoms with E-state index in [0.717, 1.165) is 19.0 Å². The predicted octanol–water partition coefficient (Wildman–Crippen LogP) is 2.20. The van der Waals surface area contributed by atoms with Gasteiger partial charge < -0.3 is 10.0 Å². The smallest absolute Gasteiger partial charge is 0.328 e. The highest BCUT2D eigenvalue weighted by Crippen LogP contribution is 2.13. The minimum atomic E-state index is -0.978. The number of aromatic nitrogens is 2. The van der Waals surface area contributed by atoms with E-state index >= 15 is 0 Å². The van der Waals surface area contributed by atoms with Gasteiger partial charge in [0.25, 0.3) is 0 Å². The molecular formula is C13H19N3O2. The average Bonchev–Trinajstić information content (AvgIpc) is 2.38. The second kappa shape index (κ2) is 6.74. The molecule has 1 aromatic heterocycles. The highest BCUT2D eigenvalue weighted by atomic mass is 16.4. The van der Waals surface area contributed by atoms with Crippen LogP contribution in [0.15, 0.2) is 18.5 Å². The molecule has 0 saturated heterocycles. The van der Waals surface area contributed by atoms with Crippen LogP contribution >= 0.6 is 0 Å². The monoisotopic (exact) mass is 249 g/mol. The Morgan fingerprint density at radius 2 is 2.06 bits per heavy atom. The lowest BCUT2D eigenvalue weighted by atomic mass is 10.2. The molecule has 1 heterocycles. The highest BCUT2D eigenvalue weighted by molar-refractivity contribution is 5.85. The van der Waals surface area contributed by atoms with Crippen LogP contribution in [0.1, 0.15) is 32.8 Å². The Labute approximate surface area is 107 Å². The van der Waals surface area contributed by atoms with Gasteiger partial charge in [0, 0.05) is 36.6 Å². The topological polar surface area (TPSA) is 66.3 Å². The first-order valence-corrected chi connectivity index (χ1v) is 6.08. The maximum absolute atomic E-state index is 10.4. The zero-order valence-corrected chi connectivity index (χ0v) is 11.0. The van der Waals surface area contributed by atoms with Crippen molar-refractivity contribution in [1.82, 2.24) is 9.97 Å². The van der Waals surface area contributed by atoms with Crippen LogP contribution in [-0.4, -0.2) is 33.6 Å². The third kappa shape index (κ3) is 3.84. The minimum Gasteiger partial charge on any atom is -0.478 e. The Bertz CT molecular complexity index is 415. The van der Waals surface area contributed by atoms with E-state index in [1.54, 1.807) is 12.4 Å². The summed E-state index contributed by atoms with van der Waals surface area (Å²) in [6.45, 7) is 7.16. The van der Waals surface area contributed by atoms with Gasteiger partial charge in [-0.3, -0.25) is 0 Å². The van der Waals surface area contributed by atoms with Gasteiger partial charge in [0.1, 0.15) is 0 Å². The Morgan fingerprint density at radius 1 is 1.44 bits per heavy atom. The van der Waals surface area contributed by atoms with Gasteiger partial charge in [-0.05, 0) is 26.3 Å². The van der Waals surface area contributed by atoms with Crippen LogP contribution in [0, 0.1) is 0 Å². The number of anilines is 1. The van der Waals surface area contributed by atoms with Crippen LogP contribution in [0.5, 0.6) is 0 Å². The van der Waals surface area contributed by atoms with Crippen LogP contribution in [0.25, 0.3) is 6.08 Å². The number of nitrogens with zero attached hydrogens (tertiary/aromatic N) is 3. The maximum atomic E-state index is 10.4. The van der Waals surface area contributed by atoms with Gasteiger partial charge in [-0.25, -0.2) is 14.8 Å². The van der Waals surface area contributed by atoms with E-state index in [-0.39, 0.29) is 0 Å². The van der Waals surface area contributed by atoms with Gasteiger partial charge in [-0.15, -0.1) is 0 Å². The van der Waals surface area contributed by atoms with Gasteiger partial charge in [-0.1, -0.05) is 6.92 Å². The quantitative estimate of drug-likeness (QED) is 0.783. The molecule has 98 valence electrons. The second-order valence-electron chi connectivity index (χ2n) is 4.03. The SMILES string of the molecule is CCC(C)N(CC)c1ncc(/C=C/C(=O)O)cn1. The fourth-order valence-electron chi connectivity index (χ4n) is 1.60. The normalized spacial score (nSPS) is 12.6. The molecule has 0 radical (unpaired) electrons. The molecule has 1 rings (SSSR count). The first-order chi connectivity index (χ1) is 8.58. The molecule has 1 unspecified atom stereocenters. The second-order valence-corrected chi connectivity index (χ2v) is 4.03. The summed E-state index contributed by atoms with van der Waals surface area (Å²) in [5.41, 5.74) is 0.682. The Balaban J connectivity index is 2.84. The zero-order chi connectivity index (χ0) is 13.5. The number of hydrogen-bond donors (Lipinski definition) is 1. The Morgan fingerprint density at radius 3 is 2.50 bits per heavy atom. The van der Waals surface area contributed by atoms with Crippen LogP contribution in [-0.2, 0) is 4.79 Å². The van der Waals surface area contributed by atoms with E-state index in [0.29, 0.717) is 17.6 Å². The van der Waals surface area contributed by atoms with Gasteiger partial charge in [0.15, 0.2) is 0 Å². The number of aliphatic carboxylic acids is 1. The number of rotatable bonds is 6.